The highest BCUT2D eigenvalue weighted by atomic mass is 19.1. The van der Waals surface area contributed by atoms with E-state index in [1.54, 1.807) is 12.1 Å². The molecular formula is C44H25F3. The van der Waals surface area contributed by atoms with Gasteiger partial charge in [0, 0.05) is 12.1 Å². The smallest absolute Gasteiger partial charge is 0.136 e. The Labute approximate surface area is 270 Å². The molecule has 0 spiro atoms. The third-order valence-corrected chi connectivity index (χ3v) is 9.41. The number of halogens is 3. The van der Waals surface area contributed by atoms with Gasteiger partial charge in [-0.3, -0.25) is 0 Å². The molecule has 0 radical (unpaired) electrons. The van der Waals surface area contributed by atoms with Gasteiger partial charge in [-0.25, -0.2) is 13.2 Å². The summed E-state index contributed by atoms with van der Waals surface area (Å²) in [7, 11) is 0. The maximum atomic E-state index is 14.6. The lowest BCUT2D eigenvalue weighted by atomic mass is 9.82. The first-order chi connectivity index (χ1) is 23.1. The molecule has 1 aliphatic carbocycles. The van der Waals surface area contributed by atoms with Crippen LogP contribution in [0, 0.1) is 17.5 Å². The number of fused-ring (bicyclic) bond motifs is 4. The first-order valence-electron chi connectivity index (χ1n) is 15.6. The normalized spacial score (nSPS) is 11.7. The minimum atomic E-state index is -0.937. The van der Waals surface area contributed by atoms with Crippen molar-refractivity contribution in [2.45, 2.75) is 0 Å². The van der Waals surface area contributed by atoms with Crippen molar-refractivity contribution in [2.24, 2.45) is 0 Å². The van der Waals surface area contributed by atoms with E-state index in [0.717, 1.165) is 16.5 Å². The molecule has 8 aromatic carbocycles. The van der Waals surface area contributed by atoms with E-state index < -0.39 is 17.5 Å². The summed E-state index contributed by atoms with van der Waals surface area (Å²) >= 11 is 0. The molecule has 0 bridgehead atoms. The Balaban J connectivity index is 1.32. The summed E-state index contributed by atoms with van der Waals surface area (Å²) in [6.07, 6.45) is 0. The summed E-state index contributed by atoms with van der Waals surface area (Å²) in [5, 5.41) is 4.70. The minimum absolute atomic E-state index is 0.234. The third kappa shape index (κ3) is 4.17. The van der Waals surface area contributed by atoms with E-state index in [-0.39, 0.29) is 5.56 Å². The van der Waals surface area contributed by atoms with Crippen LogP contribution >= 0.6 is 0 Å². The van der Waals surface area contributed by atoms with Crippen LogP contribution in [0.4, 0.5) is 13.2 Å². The molecule has 0 unspecified atom stereocenters. The molecule has 0 aliphatic heterocycles. The molecule has 1 aliphatic rings. The van der Waals surface area contributed by atoms with Gasteiger partial charge in [0.1, 0.15) is 17.5 Å². The molecule has 0 aromatic heterocycles. The van der Waals surface area contributed by atoms with Crippen molar-refractivity contribution in [2.75, 3.05) is 0 Å². The molecule has 0 amide bonds. The molecule has 9 rings (SSSR count). The molecule has 0 heterocycles. The lowest BCUT2D eigenvalue weighted by Gasteiger charge is -2.20. The zero-order valence-electron chi connectivity index (χ0n) is 25.1. The fourth-order valence-corrected chi connectivity index (χ4v) is 7.50. The van der Waals surface area contributed by atoms with Gasteiger partial charge in [0.15, 0.2) is 0 Å². The molecule has 222 valence electrons. The number of benzene rings is 8. The van der Waals surface area contributed by atoms with Crippen molar-refractivity contribution >= 4 is 21.5 Å². The fourth-order valence-electron chi connectivity index (χ4n) is 7.50. The maximum Gasteiger partial charge on any atom is 0.136 e. The van der Waals surface area contributed by atoms with Crippen molar-refractivity contribution in [1.82, 2.24) is 0 Å². The summed E-state index contributed by atoms with van der Waals surface area (Å²) in [5.74, 6) is -2.78. The Morgan fingerprint density at radius 3 is 1.32 bits per heavy atom. The Morgan fingerprint density at radius 1 is 0.298 bits per heavy atom. The predicted molar refractivity (Wildman–Crippen MR) is 188 cm³/mol. The van der Waals surface area contributed by atoms with E-state index in [1.165, 1.54) is 60.7 Å². The van der Waals surface area contributed by atoms with Crippen LogP contribution in [0.1, 0.15) is 0 Å². The molecule has 0 nitrogen and oxygen atoms in total. The molecule has 0 N–H and O–H groups in total. The van der Waals surface area contributed by atoms with E-state index in [4.69, 9.17) is 0 Å². The zero-order chi connectivity index (χ0) is 31.6. The van der Waals surface area contributed by atoms with Crippen LogP contribution in [0.25, 0.3) is 88.3 Å². The Hall–Kier alpha value is -5.93. The zero-order valence-corrected chi connectivity index (χ0v) is 25.1. The van der Waals surface area contributed by atoms with Gasteiger partial charge in [0.2, 0.25) is 0 Å². The molecule has 0 saturated heterocycles. The molecule has 47 heavy (non-hydrogen) atoms. The number of hydrogen-bond acceptors (Lipinski definition) is 0. The van der Waals surface area contributed by atoms with Gasteiger partial charge in [0.05, 0.1) is 5.56 Å². The highest BCUT2D eigenvalue weighted by Gasteiger charge is 2.31. The Morgan fingerprint density at radius 2 is 0.745 bits per heavy atom. The highest BCUT2D eigenvalue weighted by molar-refractivity contribution is 6.28. The van der Waals surface area contributed by atoms with E-state index in [0.29, 0.717) is 17.7 Å². The van der Waals surface area contributed by atoms with Crippen molar-refractivity contribution in [3.05, 3.63) is 169 Å². The SMILES string of the molecule is Fc1cc(F)c(-c2ccc(-c3ccc4c5c(cccc35)-c3c-4c(-c4ccccc4)c4ccccc4c3-c3ccccc3)cc2)c(F)c1. The standard InChI is InChI=1S/C44H25F3/c45-30-24-37(46)41(38(47)25-30)29-20-18-26(19-21-29)31-22-23-36-42-32(31)16-9-17-35(42)43-39(27-10-3-1-4-11-27)33-14-7-8-15-34(33)40(44(36)43)28-12-5-2-6-13-28/h1-25H. The van der Waals surface area contributed by atoms with Crippen molar-refractivity contribution in [3.63, 3.8) is 0 Å². The molecule has 0 fully saturated rings. The largest absolute Gasteiger partial charge is 0.207 e. The second-order valence-electron chi connectivity index (χ2n) is 12.0. The fraction of sp³-hybridized carbons (Fsp3) is 0. The Bertz CT molecular complexity index is 2400. The second-order valence-corrected chi connectivity index (χ2v) is 12.0. The van der Waals surface area contributed by atoms with Gasteiger partial charge < -0.3 is 0 Å². The van der Waals surface area contributed by atoms with Gasteiger partial charge in [-0.2, -0.15) is 0 Å². The quantitative estimate of drug-likeness (QED) is 0.186. The van der Waals surface area contributed by atoms with Crippen molar-refractivity contribution < 1.29 is 13.2 Å². The second kappa shape index (κ2) is 10.6. The predicted octanol–water partition coefficient (Wildman–Crippen LogP) is 12.7. The molecule has 0 saturated carbocycles. The van der Waals surface area contributed by atoms with Crippen LogP contribution in [0.15, 0.2) is 152 Å². The van der Waals surface area contributed by atoms with Crippen LogP contribution in [0.3, 0.4) is 0 Å². The van der Waals surface area contributed by atoms with Gasteiger partial charge in [-0.1, -0.05) is 140 Å². The van der Waals surface area contributed by atoms with Gasteiger partial charge in [-0.15, -0.1) is 0 Å². The monoisotopic (exact) mass is 610 g/mol. The van der Waals surface area contributed by atoms with Crippen LogP contribution in [-0.4, -0.2) is 0 Å². The lowest BCUT2D eigenvalue weighted by molar-refractivity contribution is 0.548. The number of hydrogen-bond donors (Lipinski definition) is 0. The first-order valence-corrected chi connectivity index (χ1v) is 15.6. The van der Waals surface area contributed by atoms with Gasteiger partial charge in [-0.05, 0) is 82.7 Å². The summed E-state index contributed by atoms with van der Waals surface area (Å²) in [5.41, 5.74) is 11.7. The summed E-state index contributed by atoms with van der Waals surface area (Å²) in [6, 6.07) is 49.3. The van der Waals surface area contributed by atoms with Crippen LogP contribution in [0.2, 0.25) is 0 Å². The molecule has 3 heteroatoms. The van der Waals surface area contributed by atoms with Crippen LogP contribution < -0.4 is 0 Å². The molecule has 0 atom stereocenters. The highest BCUT2D eigenvalue weighted by Crippen LogP contribution is 2.58. The van der Waals surface area contributed by atoms with Gasteiger partial charge in [0.25, 0.3) is 0 Å². The lowest BCUT2D eigenvalue weighted by Crippen LogP contribution is -1.93. The average Bonchev–Trinajstić information content (AvgIpc) is 3.43. The van der Waals surface area contributed by atoms with Crippen LogP contribution in [0.5, 0.6) is 0 Å². The van der Waals surface area contributed by atoms with Crippen molar-refractivity contribution in [3.8, 4) is 66.8 Å². The summed E-state index contributed by atoms with van der Waals surface area (Å²) < 4.78 is 42.7. The Kier molecular flexibility index (Phi) is 6.16. The van der Waals surface area contributed by atoms with Crippen molar-refractivity contribution in [1.29, 1.82) is 0 Å². The van der Waals surface area contributed by atoms with E-state index >= 15 is 0 Å². The molecular weight excluding hydrogens is 585 g/mol. The van der Waals surface area contributed by atoms with E-state index in [1.807, 2.05) is 12.1 Å². The average molecular weight is 611 g/mol. The van der Waals surface area contributed by atoms with Crippen LogP contribution in [-0.2, 0) is 0 Å². The maximum absolute atomic E-state index is 14.6. The number of rotatable bonds is 4. The minimum Gasteiger partial charge on any atom is -0.207 e. The van der Waals surface area contributed by atoms with Gasteiger partial charge >= 0.3 is 0 Å². The van der Waals surface area contributed by atoms with E-state index in [9.17, 15) is 13.2 Å². The summed E-state index contributed by atoms with van der Waals surface area (Å²) in [6.45, 7) is 0. The van der Waals surface area contributed by atoms with E-state index in [2.05, 4.69) is 115 Å². The third-order valence-electron chi connectivity index (χ3n) is 9.41. The topological polar surface area (TPSA) is 0 Å². The molecule has 8 aromatic rings. The summed E-state index contributed by atoms with van der Waals surface area (Å²) in [4.78, 5) is 0. The first kappa shape index (κ1) is 27.4.